The molecular formula is C10H21NO. The lowest BCUT2D eigenvalue weighted by atomic mass is 10.5. The van der Waals surface area contributed by atoms with Crippen LogP contribution in [-0.4, -0.2) is 4.98 Å². The fraction of sp³-hybridized carbons (Fsp3) is 0.700. The predicted octanol–water partition coefficient (Wildman–Crippen LogP) is 3.68. The van der Waals surface area contributed by atoms with E-state index in [9.17, 15) is 0 Å². The first-order valence-electron chi connectivity index (χ1n) is 4.73. The second-order valence-corrected chi connectivity index (χ2v) is 1.99. The van der Waals surface area contributed by atoms with Gasteiger partial charge in [-0.25, -0.2) is 4.98 Å². The molecule has 0 unspecified atom stereocenters. The normalized spacial score (nSPS) is 7.42. The zero-order valence-corrected chi connectivity index (χ0v) is 8.92. The minimum atomic E-state index is 0.806. The Balaban J connectivity index is 0. The molecule has 0 aliphatic carbocycles. The van der Waals surface area contributed by atoms with Crippen molar-refractivity contribution in [3.8, 4) is 0 Å². The Kier molecular flexibility index (Phi) is 14.8. The summed E-state index contributed by atoms with van der Waals surface area (Å²) in [6, 6.07) is 0. The summed E-state index contributed by atoms with van der Waals surface area (Å²) in [6.45, 7) is 10.3. The van der Waals surface area contributed by atoms with Crippen LogP contribution in [0.3, 0.4) is 0 Å². The van der Waals surface area contributed by atoms with Crippen molar-refractivity contribution < 1.29 is 4.42 Å². The third-order valence-electron chi connectivity index (χ3n) is 0.786. The average molecular weight is 171 g/mol. The van der Waals surface area contributed by atoms with E-state index in [1.165, 1.54) is 6.42 Å². The van der Waals surface area contributed by atoms with Gasteiger partial charge < -0.3 is 4.42 Å². The highest BCUT2D eigenvalue weighted by Crippen LogP contribution is 1.92. The minimum Gasteiger partial charge on any atom is -0.449 e. The van der Waals surface area contributed by atoms with Crippen LogP contribution in [0.2, 0.25) is 0 Å². The van der Waals surface area contributed by atoms with Crippen molar-refractivity contribution in [3.63, 3.8) is 0 Å². The molecule has 0 saturated heterocycles. The Labute approximate surface area is 76.0 Å². The van der Waals surface area contributed by atoms with E-state index < -0.39 is 0 Å². The van der Waals surface area contributed by atoms with Gasteiger partial charge in [0, 0.05) is 6.42 Å². The molecule has 72 valence electrons. The van der Waals surface area contributed by atoms with E-state index in [4.69, 9.17) is 4.42 Å². The monoisotopic (exact) mass is 171 g/mol. The zero-order chi connectivity index (χ0) is 9.82. The summed E-state index contributed by atoms with van der Waals surface area (Å²) < 4.78 is 4.87. The van der Waals surface area contributed by atoms with Crippen molar-refractivity contribution in [2.24, 2.45) is 0 Å². The maximum absolute atomic E-state index is 4.87. The highest BCUT2D eigenvalue weighted by molar-refractivity contribution is 4.76. The summed E-state index contributed by atoms with van der Waals surface area (Å²) in [4.78, 5) is 3.87. The summed E-state index contributed by atoms with van der Waals surface area (Å²) in [5, 5.41) is 0. The van der Waals surface area contributed by atoms with Crippen LogP contribution in [0.25, 0.3) is 0 Å². The maximum Gasteiger partial charge on any atom is 0.193 e. The van der Waals surface area contributed by atoms with Crippen LogP contribution >= 0.6 is 0 Å². The van der Waals surface area contributed by atoms with Gasteiger partial charge in [-0.3, -0.25) is 0 Å². The van der Waals surface area contributed by atoms with Crippen LogP contribution in [0.5, 0.6) is 0 Å². The van der Waals surface area contributed by atoms with Gasteiger partial charge in [0.2, 0.25) is 0 Å². The summed E-state index contributed by atoms with van der Waals surface area (Å²) >= 11 is 0. The molecule has 0 saturated carbocycles. The fourth-order valence-corrected chi connectivity index (χ4v) is 0.428. The SMILES string of the molecule is CC.CCC.CCc1ncco1. The van der Waals surface area contributed by atoms with Gasteiger partial charge >= 0.3 is 0 Å². The molecule has 0 fully saturated rings. The van der Waals surface area contributed by atoms with Crippen molar-refractivity contribution in [2.45, 2.75) is 47.5 Å². The molecular weight excluding hydrogens is 150 g/mol. The summed E-state index contributed by atoms with van der Waals surface area (Å²) in [5.74, 6) is 0.806. The maximum atomic E-state index is 4.87. The Hall–Kier alpha value is -0.790. The standard InChI is InChI=1S/C5H7NO.C3H8.C2H6/c1-2-5-6-3-4-7-5;1-3-2;1-2/h3-4H,2H2,1H3;3H2,1-2H3;1-2H3. The minimum absolute atomic E-state index is 0.806. The first-order valence-corrected chi connectivity index (χ1v) is 4.73. The molecule has 1 aromatic heterocycles. The van der Waals surface area contributed by atoms with E-state index in [0.717, 1.165) is 12.3 Å². The Morgan fingerprint density at radius 1 is 1.25 bits per heavy atom. The van der Waals surface area contributed by atoms with Gasteiger partial charge in [0.15, 0.2) is 5.89 Å². The summed E-state index contributed by atoms with van der Waals surface area (Å²) in [7, 11) is 0. The van der Waals surface area contributed by atoms with Crippen LogP contribution in [0.4, 0.5) is 0 Å². The Morgan fingerprint density at radius 2 is 1.75 bits per heavy atom. The van der Waals surface area contributed by atoms with Crippen molar-refractivity contribution in [1.82, 2.24) is 4.98 Å². The largest absolute Gasteiger partial charge is 0.449 e. The molecule has 0 atom stereocenters. The Morgan fingerprint density at radius 3 is 1.92 bits per heavy atom. The molecule has 0 aliphatic rings. The third kappa shape index (κ3) is 9.21. The van der Waals surface area contributed by atoms with Crippen LogP contribution in [-0.2, 0) is 6.42 Å². The van der Waals surface area contributed by atoms with Gasteiger partial charge in [0.25, 0.3) is 0 Å². The van der Waals surface area contributed by atoms with Gasteiger partial charge in [-0.2, -0.15) is 0 Å². The molecule has 0 aliphatic heterocycles. The number of rotatable bonds is 1. The molecule has 2 nitrogen and oxygen atoms in total. The second kappa shape index (κ2) is 12.8. The molecule has 0 aromatic carbocycles. The molecule has 12 heavy (non-hydrogen) atoms. The van der Waals surface area contributed by atoms with Gasteiger partial charge in [0.1, 0.15) is 6.26 Å². The number of oxazole rings is 1. The van der Waals surface area contributed by atoms with Crippen LogP contribution in [0.1, 0.15) is 46.9 Å². The number of aryl methyl sites for hydroxylation is 1. The van der Waals surface area contributed by atoms with Crippen molar-refractivity contribution >= 4 is 0 Å². The van der Waals surface area contributed by atoms with E-state index in [-0.39, 0.29) is 0 Å². The first kappa shape index (κ1) is 13.8. The van der Waals surface area contributed by atoms with Crippen molar-refractivity contribution in [3.05, 3.63) is 18.4 Å². The number of aromatic nitrogens is 1. The number of nitrogens with zero attached hydrogens (tertiary/aromatic N) is 1. The summed E-state index contributed by atoms with van der Waals surface area (Å²) in [6.07, 6.45) is 5.37. The lowest BCUT2D eigenvalue weighted by Gasteiger charge is -1.77. The van der Waals surface area contributed by atoms with Crippen LogP contribution < -0.4 is 0 Å². The predicted molar refractivity (Wildman–Crippen MR) is 53.2 cm³/mol. The van der Waals surface area contributed by atoms with Gasteiger partial charge in [0.05, 0.1) is 6.20 Å². The van der Waals surface area contributed by atoms with Crippen LogP contribution in [0, 0.1) is 0 Å². The quantitative estimate of drug-likeness (QED) is 0.644. The lowest BCUT2D eigenvalue weighted by Crippen LogP contribution is -1.73. The lowest BCUT2D eigenvalue weighted by molar-refractivity contribution is 0.501. The average Bonchev–Trinajstić information content (AvgIpc) is 2.61. The number of hydrogen-bond acceptors (Lipinski definition) is 2. The van der Waals surface area contributed by atoms with E-state index >= 15 is 0 Å². The Bertz CT molecular complexity index is 136. The second-order valence-electron chi connectivity index (χ2n) is 1.99. The molecule has 1 aromatic rings. The van der Waals surface area contributed by atoms with Crippen molar-refractivity contribution in [2.75, 3.05) is 0 Å². The van der Waals surface area contributed by atoms with Gasteiger partial charge in [-0.15, -0.1) is 0 Å². The van der Waals surface area contributed by atoms with Gasteiger partial charge in [-0.1, -0.05) is 41.0 Å². The van der Waals surface area contributed by atoms with E-state index in [1.807, 2.05) is 20.8 Å². The van der Waals surface area contributed by atoms with E-state index in [2.05, 4.69) is 18.8 Å². The zero-order valence-electron chi connectivity index (χ0n) is 8.92. The molecule has 0 amide bonds. The smallest absolute Gasteiger partial charge is 0.193 e. The molecule has 0 bridgehead atoms. The number of hydrogen-bond donors (Lipinski definition) is 0. The molecule has 0 spiro atoms. The molecule has 1 heterocycles. The highest BCUT2D eigenvalue weighted by atomic mass is 16.3. The van der Waals surface area contributed by atoms with Gasteiger partial charge in [-0.05, 0) is 0 Å². The van der Waals surface area contributed by atoms with E-state index in [0.29, 0.717) is 0 Å². The first-order chi connectivity index (χ1) is 5.85. The molecule has 0 radical (unpaired) electrons. The summed E-state index contributed by atoms with van der Waals surface area (Å²) in [5.41, 5.74) is 0. The van der Waals surface area contributed by atoms with E-state index in [1.54, 1.807) is 12.5 Å². The highest BCUT2D eigenvalue weighted by Gasteiger charge is 1.86. The topological polar surface area (TPSA) is 26.0 Å². The van der Waals surface area contributed by atoms with Crippen molar-refractivity contribution in [1.29, 1.82) is 0 Å². The van der Waals surface area contributed by atoms with Crippen LogP contribution in [0.15, 0.2) is 16.9 Å². The third-order valence-corrected chi connectivity index (χ3v) is 0.786. The molecule has 1 rings (SSSR count). The molecule has 2 heteroatoms. The fourth-order valence-electron chi connectivity index (χ4n) is 0.428. The molecule has 0 N–H and O–H groups in total.